The van der Waals surface area contributed by atoms with E-state index in [0.717, 1.165) is 37.5 Å². The fourth-order valence-electron chi connectivity index (χ4n) is 3.70. The molecule has 6 heteroatoms. The Labute approximate surface area is 153 Å². The molecule has 0 saturated carbocycles. The van der Waals surface area contributed by atoms with Gasteiger partial charge in [0.1, 0.15) is 11.5 Å². The van der Waals surface area contributed by atoms with E-state index in [-0.39, 0.29) is 0 Å². The van der Waals surface area contributed by atoms with E-state index in [4.69, 9.17) is 4.74 Å². The van der Waals surface area contributed by atoms with Gasteiger partial charge in [0.15, 0.2) is 0 Å². The molecule has 4 heterocycles. The van der Waals surface area contributed by atoms with Crippen molar-refractivity contribution in [2.45, 2.75) is 31.7 Å². The molecule has 1 aliphatic rings. The second kappa shape index (κ2) is 7.93. The molecule has 4 rings (SSSR count). The smallest absolute Gasteiger partial charge is 0.137 e. The van der Waals surface area contributed by atoms with Gasteiger partial charge < -0.3 is 9.72 Å². The Kier molecular flexibility index (Phi) is 5.22. The zero-order valence-electron chi connectivity index (χ0n) is 15.2. The number of hydrogen-bond acceptors (Lipinski definition) is 5. The number of piperidine rings is 1. The van der Waals surface area contributed by atoms with Crippen LogP contribution in [-0.4, -0.2) is 51.6 Å². The van der Waals surface area contributed by atoms with Crippen molar-refractivity contribution < 1.29 is 4.74 Å². The standard InChI is InChI=1S/C20H25N5O/c1-26-9-6-19-22-11-15(12-23-19)13-25-8-3-5-17(14-25)18-10-16-4-2-7-21-20(16)24-18/h2,4,7,10-12,17H,3,5-6,8-9,13-14H2,1H3,(H,21,24)/t17-/m1/s1. The summed E-state index contributed by atoms with van der Waals surface area (Å²) in [5.74, 6) is 1.37. The van der Waals surface area contributed by atoms with E-state index in [1.165, 1.54) is 29.5 Å². The molecule has 1 saturated heterocycles. The van der Waals surface area contributed by atoms with Crippen LogP contribution in [0, 0.1) is 0 Å². The van der Waals surface area contributed by atoms with Gasteiger partial charge in [0.25, 0.3) is 0 Å². The van der Waals surface area contributed by atoms with E-state index in [1.54, 1.807) is 7.11 Å². The van der Waals surface area contributed by atoms with Gasteiger partial charge in [-0.25, -0.2) is 15.0 Å². The number of H-pyrrole nitrogens is 1. The van der Waals surface area contributed by atoms with E-state index in [9.17, 15) is 0 Å². The normalized spacial score (nSPS) is 18.4. The first kappa shape index (κ1) is 17.1. The number of nitrogens with zero attached hydrogens (tertiary/aromatic N) is 4. The number of rotatable bonds is 6. The SMILES string of the molecule is COCCc1ncc(CN2CCC[C@@H](c3cc4cccnc4[nH]3)C2)cn1. The van der Waals surface area contributed by atoms with Gasteiger partial charge in [-0.2, -0.15) is 0 Å². The van der Waals surface area contributed by atoms with Crippen LogP contribution in [0.25, 0.3) is 11.0 Å². The lowest BCUT2D eigenvalue weighted by atomic mass is 9.94. The van der Waals surface area contributed by atoms with Gasteiger partial charge in [0.05, 0.1) is 6.61 Å². The zero-order valence-corrected chi connectivity index (χ0v) is 15.2. The van der Waals surface area contributed by atoms with E-state index in [0.29, 0.717) is 12.5 Å². The quantitative estimate of drug-likeness (QED) is 0.740. The van der Waals surface area contributed by atoms with Crippen molar-refractivity contribution in [3.63, 3.8) is 0 Å². The molecule has 136 valence electrons. The second-order valence-corrected chi connectivity index (χ2v) is 6.99. The molecule has 1 N–H and O–H groups in total. The summed E-state index contributed by atoms with van der Waals surface area (Å²) in [6, 6.07) is 6.36. The molecule has 0 aromatic carbocycles. The second-order valence-electron chi connectivity index (χ2n) is 6.99. The van der Waals surface area contributed by atoms with Crippen molar-refractivity contribution in [2.24, 2.45) is 0 Å². The third kappa shape index (κ3) is 3.92. The first-order valence-electron chi connectivity index (χ1n) is 9.26. The van der Waals surface area contributed by atoms with Crippen LogP contribution >= 0.6 is 0 Å². The first-order chi connectivity index (χ1) is 12.8. The van der Waals surface area contributed by atoms with Gasteiger partial charge in [-0.1, -0.05) is 0 Å². The zero-order chi connectivity index (χ0) is 17.8. The molecule has 1 fully saturated rings. The molecule has 0 spiro atoms. The number of aromatic amines is 1. The van der Waals surface area contributed by atoms with Crippen LogP contribution in [0.2, 0.25) is 0 Å². The number of fused-ring (bicyclic) bond motifs is 1. The monoisotopic (exact) mass is 351 g/mol. The van der Waals surface area contributed by atoms with Crippen molar-refractivity contribution in [1.82, 2.24) is 24.8 Å². The summed E-state index contributed by atoms with van der Waals surface area (Å²) in [4.78, 5) is 19.3. The Hall–Kier alpha value is -2.31. The maximum absolute atomic E-state index is 5.08. The number of pyridine rings is 1. The van der Waals surface area contributed by atoms with Crippen molar-refractivity contribution >= 4 is 11.0 Å². The molecule has 0 bridgehead atoms. The molecule has 3 aromatic heterocycles. The number of nitrogens with one attached hydrogen (secondary N) is 1. The lowest BCUT2D eigenvalue weighted by Crippen LogP contribution is -2.34. The van der Waals surface area contributed by atoms with Crippen LogP contribution in [-0.2, 0) is 17.7 Å². The topological polar surface area (TPSA) is 66.9 Å². The average molecular weight is 351 g/mol. The number of methoxy groups -OCH3 is 1. The highest BCUT2D eigenvalue weighted by Crippen LogP contribution is 2.29. The predicted octanol–water partition coefficient (Wildman–Crippen LogP) is 2.92. The van der Waals surface area contributed by atoms with E-state index < -0.39 is 0 Å². The van der Waals surface area contributed by atoms with Crippen molar-refractivity contribution in [3.05, 3.63) is 53.9 Å². The van der Waals surface area contributed by atoms with Crippen LogP contribution in [0.15, 0.2) is 36.8 Å². The maximum Gasteiger partial charge on any atom is 0.137 e. The number of ether oxygens (including phenoxy) is 1. The number of likely N-dealkylation sites (tertiary alicyclic amines) is 1. The molecular formula is C20H25N5O. The Morgan fingerprint density at radius 3 is 2.96 bits per heavy atom. The Balaban J connectivity index is 1.40. The summed E-state index contributed by atoms with van der Waals surface area (Å²) in [5, 5.41) is 1.19. The minimum atomic E-state index is 0.528. The Morgan fingerprint density at radius 1 is 1.27 bits per heavy atom. The minimum absolute atomic E-state index is 0.528. The fourth-order valence-corrected chi connectivity index (χ4v) is 3.70. The lowest BCUT2D eigenvalue weighted by Gasteiger charge is -2.32. The molecule has 26 heavy (non-hydrogen) atoms. The Morgan fingerprint density at radius 2 is 2.15 bits per heavy atom. The van der Waals surface area contributed by atoms with E-state index >= 15 is 0 Å². The van der Waals surface area contributed by atoms with Crippen molar-refractivity contribution in [3.8, 4) is 0 Å². The van der Waals surface area contributed by atoms with Gasteiger partial charge in [-0.15, -0.1) is 0 Å². The van der Waals surface area contributed by atoms with Gasteiger partial charge in [-0.05, 0) is 37.6 Å². The molecule has 3 aromatic rings. The van der Waals surface area contributed by atoms with Crippen LogP contribution < -0.4 is 0 Å². The molecule has 0 unspecified atom stereocenters. The fraction of sp³-hybridized carbons (Fsp3) is 0.450. The third-order valence-corrected chi connectivity index (χ3v) is 5.05. The van der Waals surface area contributed by atoms with Crippen molar-refractivity contribution in [2.75, 3.05) is 26.8 Å². The van der Waals surface area contributed by atoms with Crippen LogP contribution in [0.3, 0.4) is 0 Å². The molecule has 0 radical (unpaired) electrons. The van der Waals surface area contributed by atoms with Crippen LogP contribution in [0.1, 0.15) is 35.8 Å². The summed E-state index contributed by atoms with van der Waals surface area (Å²) in [6.07, 6.45) is 8.93. The molecule has 1 aliphatic heterocycles. The number of aromatic nitrogens is 4. The minimum Gasteiger partial charge on any atom is -0.384 e. The van der Waals surface area contributed by atoms with Gasteiger partial charge in [-0.3, -0.25) is 4.90 Å². The highest BCUT2D eigenvalue weighted by Gasteiger charge is 2.23. The van der Waals surface area contributed by atoms with Gasteiger partial charge in [0, 0.05) is 67.8 Å². The molecule has 0 amide bonds. The lowest BCUT2D eigenvalue weighted by molar-refractivity contribution is 0.197. The molecular weight excluding hydrogens is 326 g/mol. The van der Waals surface area contributed by atoms with Gasteiger partial charge in [0.2, 0.25) is 0 Å². The van der Waals surface area contributed by atoms with Crippen LogP contribution in [0.4, 0.5) is 0 Å². The predicted molar refractivity (Wildman–Crippen MR) is 101 cm³/mol. The molecule has 0 aliphatic carbocycles. The largest absolute Gasteiger partial charge is 0.384 e. The highest BCUT2D eigenvalue weighted by molar-refractivity contribution is 5.76. The summed E-state index contributed by atoms with van der Waals surface area (Å²) in [7, 11) is 1.70. The number of hydrogen-bond donors (Lipinski definition) is 1. The van der Waals surface area contributed by atoms with Gasteiger partial charge >= 0.3 is 0 Å². The highest BCUT2D eigenvalue weighted by atomic mass is 16.5. The van der Waals surface area contributed by atoms with E-state index in [2.05, 4.69) is 37.0 Å². The summed E-state index contributed by atoms with van der Waals surface area (Å²) >= 11 is 0. The summed E-state index contributed by atoms with van der Waals surface area (Å²) in [5.41, 5.74) is 3.46. The maximum atomic E-state index is 5.08. The third-order valence-electron chi connectivity index (χ3n) is 5.05. The van der Waals surface area contributed by atoms with Crippen molar-refractivity contribution in [1.29, 1.82) is 0 Å². The van der Waals surface area contributed by atoms with Crippen LogP contribution in [0.5, 0.6) is 0 Å². The summed E-state index contributed by atoms with van der Waals surface area (Å²) in [6.45, 7) is 3.74. The molecule has 1 atom stereocenters. The van der Waals surface area contributed by atoms with E-state index in [1.807, 2.05) is 24.7 Å². The molecule has 6 nitrogen and oxygen atoms in total. The Bertz CT molecular complexity index is 812. The average Bonchev–Trinajstić information content (AvgIpc) is 3.12. The summed E-state index contributed by atoms with van der Waals surface area (Å²) < 4.78 is 5.08. The first-order valence-corrected chi connectivity index (χ1v) is 9.26.